The average molecular weight is 325 g/mol. The first-order chi connectivity index (χ1) is 11.6. The second kappa shape index (κ2) is 8.35. The van der Waals surface area contributed by atoms with Crippen LogP contribution in [0.2, 0.25) is 0 Å². The van der Waals surface area contributed by atoms with Gasteiger partial charge in [-0.3, -0.25) is 4.79 Å². The summed E-state index contributed by atoms with van der Waals surface area (Å²) in [4.78, 5) is 11.3. The van der Waals surface area contributed by atoms with Gasteiger partial charge in [-0.25, -0.2) is 5.84 Å². The first kappa shape index (κ1) is 17.0. The minimum Gasteiger partial charge on any atom is -0.411 e. The van der Waals surface area contributed by atoms with Gasteiger partial charge in [0.25, 0.3) is 5.91 Å². The third-order valence-corrected chi connectivity index (χ3v) is 3.17. The predicted octanol–water partition coefficient (Wildman–Crippen LogP) is 1.72. The molecule has 6 N–H and O–H groups in total. The summed E-state index contributed by atoms with van der Waals surface area (Å²) in [5.41, 5.74) is 9.03. The van der Waals surface area contributed by atoms with Gasteiger partial charge in [0.15, 0.2) is 0 Å². The van der Waals surface area contributed by atoms with Crippen molar-refractivity contribution >= 4 is 23.5 Å². The van der Waals surface area contributed by atoms with Crippen LogP contribution in [0, 0.1) is 0 Å². The van der Waals surface area contributed by atoms with Crippen molar-refractivity contribution in [2.45, 2.75) is 6.54 Å². The Morgan fingerprint density at radius 3 is 2.46 bits per heavy atom. The SMILES string of the molecule is N/C(=C\N(N)Cc1ccc(NC(=O)/C=N/O)cc1)c1ccccc1. The molecule has 24 heavy (non-hydrogen) atoms. The van der Waals surface area contributed by atoms with Gasteiger partial charge in [0.1, 0.15) is 6.21 Å². The van der Waals surface area contributed by atoms with Crippen molar-refractivity contribution in [2.75, 3.05) is 5.32 Å². The van der Waals surface area contributed by atoms with Crippen molar-refractivity contribution in [3.05, 3.63) is 71.9 Å². The summed E-state index contributed by atoms with van der Waals surface area (Å²) in [5, 5.41) is 15.0. The van der Waals surface area contributed by atoms with Crippen LogP contribution in [0.25, 0.3) is 5.70 Å². The number of carbonyl (C=O) groups is 1. The Bertz CT molecular complexity index is 726. The number of rotatable bonds is 6. The van der Waals surface area contributed by atoms with E-state index >= 15 is 0 Å². The highest BCUT2D eigenvalue weighted by atomic mass is 16.4. The molecule has 2 aromatic carbocycles. The highest BCUT2D eigenvalue weighted by Gasteiger charge is 2.02. The molecule has 0 unspecified atom stereocenters. The maximum Gasteiger partial charge on any atom is 0.270 e. The number of carbonyl (C=O) groups excluding carboxylic acids is 1. The molecular weight excluding hydrogens is 306 g/mol. The molecule has 124 valence electrons. The Morgan fingerprint density at radius 1 is 1.17 bits per heavy atom. The Morgan fingerprint density at radius 2 is 1.83 bits per heavy atom. The van der Waals surface area contributed by atoms with Crippen LogP contribution >= 0.6 is 0 Å². The van der Waals surface area contributed by atoms with E-state index in [4.69, 9.17) is 16.8 Å². The van der Waals surface area contributed by atoms with E-state index in [0.717, 1.165) is 17.3 Å². The molecule has 0 saturated carbocycles. The molecule has 0 aliphatic heterocycles. The fourth-order valence-corrected chi connectivity index (χ4v) is 2.06. The van der Waals surface area contributed by atoms with Crippen molar-refractivity contribution in [1.29, 1.82) is 0 Å². The molecule has 0 aliphatic carbocycles. The van der Waals surface area contributed by atoms with Crippen LogP contribution in [0.4, 0.5) is 5.69 Å². The summed E-state index contributed by atoms with van der Waals surface area (Å²) in [5.74, 6) is 5.45. The quantitative estimate of drug-likeness (QED) is 0.279. The lowest BCUT2D eigenvalue weighted by Crippen LogP contribution is -2.25. The van der Waals surface area contributed by atoms with Crippen LogP contribution in [0.1, 0.15) is 11.1 Å². The van der Waals surface area contributed by atoms with Gasteiger partial charge in [0.05, 0.1) is 12.2 Å². The molecule has 0 aliphatic rings. The second-order valence-corrected chi connectivity index (χ2v) is 5.05. The summed E-state index contributed by atoms with van der Waals surface area (Å²) >= 11 is 0. The number of anilines is 1. The minimum absolute atomic E-state index is 0.458. The summed E-state index contributed by atoms with van der Waals surface area (Å²) in [6, 6.07) is 16.7. The lowest BCUT2D eigenvalue weighted by molar-refractivity contribution is -0.110. The molecule has 2 aromatic rings. The normalized spacial score (nSPS) is 11.5. The van der Waals surface area contributed by atoms with Crippen LogP contribution < -0.4 is 16.9 Å². The molecule has 0 fully saturated rings. The van der Waals surface area contributed by atoms with Crippen molar-refractivity contribution in [3.8, 4) is 0 Å². The lowest BCUT2D eigenvalue weighted by atomic mass is 10.1. The summed E-state index contributed by atoms with van der Waals surface area (Å²) < 4.78 is 0. The van der Waals surface area contributed by atoms with Crippen LogP contribution in [-0.2, 0) is 11.3 Å². The Labute approximate surface area is 139 Å². The molecule has 0 spiro atoms. The van der Waals surface area contributed by atoms with Gasteiger partial charge in [-0.15, -0.1) is 0 Å². The average Bonchev–Trinajstić information content (AvgIpc) is 2.57. The number of oxime groups is 1. The molecular formula is C17H19N5O2. The van der Waals surface area contributed by atoms with Gasteiger partial charge in [0, 0.05) is 11.9 Å². The number of benzene rings is 2. The van der Waals surface area contributed by atoms with Crippen LogP contribution in [0.3, 0.4) is 0 Å². The van der Waals surface area contributed by atoms with Gasteiger partial charge in [-0.05, 0) is 23.3 Å². The third-order valence-electron chi connectivity index (χ3n) is 3.17. The van der Waals surface area contributed by atoms with Crippen LogP contribution in [0.5, 0.6) is 0 Å². The van der Waals surface area contributed by atoms with E-state index in [9.17, 15) is 4.79 Å². The number of hydrazine groups is 1. The van der Waals surface area contributed by atoms with Gasteiger partial charge in [-0.2, -0.15) is 0 Å². The van der Waals surface area contributed by atoms with Crippen LogP contribution in [-0.4, -0.2) is 22.3 Å². The number of hydrogen-bond donors (Lipinski definition) is 4. The molecule has 0 radical (unpaired) electrons. The van der Waals surface area contributed by atoms with Crippen molar-refractivity contribution in [3.63, 3.8) is 0 Å². The smallest absolute Gasteiger partial charge is 0.270 e. The number of hydrogen-bond acceptors (Lipinski definition) is 6. The minimum atomic E-state index is -0.510. The molecule has 0 saturated heterocycles. The summed E-state index contributed by atoms with van der Waals surface area (Å²) in [7, 11) is 0. The van der Waals surface area contributed by atoms with Crippen molar-refractivity contribution < 1.29 is 10.0 Å². The highest BCUT2D eigenvalue weighted by Crippen LogP contribution is 2.12. The molecule has 7 heteroatoms. The van der Waals surface area contributed by atoms with E-state index < -0.39 is 5.91 Å². The number of nitrogens with one attached hydrogen (secondary N) is 1. The molecule has 1 amide bonds. The molecule has 7 nitrogen and oxygen atoms in total. The zero-order valence-electron chi connectivity index (χ0n) is 13.0. The Kier molecular flexibility index (Phi) is 5.93. The van der Waals surface area contributed by atoms with E-state index in [0.29, 0.717) is 17.9 Å². The van der Waals surface area contributed by atoms with E-state index in [1.165, 1.54) is 5.01 Å². The van der Waals surface area contributed by atoms with E-state index in [2.05, 4.69) is 10.5 Å². The van der Waals surface area contributed by atoms with Gasteiger partial charge >= 0.3 is 0 Å². The van der Waals surface area contributed by atoms with Crippen molar-refractivity contribution in [1.82, 2.24) is 5.01 Å². The van der Waals surface area contributed by atoms with E-state index in [1.807, 2.05) is 42.5 Å². The fourth-order valence-electron chi connectivity index (χ4n) is 2.06. The Balaban J connectivity index is 1.97. The predicted molar refractivity (Wildman–Crippen MR) is 93.7 cm³/mol. The largest absolute Gasteiger partial charge is 0.411 e. The number of nitrogens with two attached hydrogens (primary N) is 2. The molecule has 0 aromatic heterocycles. The highest BCUT2D eigenvalue weighted by molar-refractivity contribution is 6.31. The van der Waals surface area contributed by atoms with Crippen molar-refractivity contribution in [2.24, 2.45) is 16.7 Å². The van der Waals surface area contributed by atoms with E-state index in [1.54, 1.807) is 18.3 Å². The first-order valence-electron chi connectivity index (χ1n) is 7.20. The zero-order chi connectivity index (χ0) is 17.4. The first-order valence-corrected chi connectivity index (χ1v) is 7.20. The standard InChI is InChI=1S/C17H19N5O2/c18-16(14-4-2-1-3-5-14)12-22(19)11-13-6-8-15(9-7-13)21-17(23)10-20-24/h1-10,12,24H,11,18-19H2,(H,21,23)/b16-12-,20-10+. The van der Waals surface area contributed by atoms with Gasteiger partial charge in [-0.1, -0.05) is 47.6 Å². The maximum absolute atomic E-state index is 11.3. The van der Waals surface area contributed by atoms with Gasteiger partial charge < -0.3 is 21.3 Å². The zero-order valence-corrected chi connectivity index (χ0v) is 13.0. The maximum atomic E-state index is 11.3. The summed E-state index contributed by atoms with van der Waals surface area (Å²) in [6.07, 6.45) is 2.45. The number of amides is 1. The van der Waals surface area contributed by atoms with E-state index in [-0.39, 0.29) is 0 Å². The fraction of sp³-hybridized carbons (Fsp3) is 0.0588. The topological polar surface area (TPSA) is 117 Å². The molecule has 2 rings (SSSR count). The Hall–Kier alpha value is -3.32. The van der Waals surface area contributed by atoms with Crippen LogP contribution in [0.15, 0.2) is 66.0 Å². The molecule has 0 heterocycles. The number of nitrogens with zero attached hydrogens (tertiary/aromatic N) is 2. The molecule has 0 atom stereocenters. The van der Waals surface area contributed by atoms with Gasteiger partial charge in [0.2, 0.25) is 0 Å². The lowest BCUT2D eigenvalue weighted by Gasteiger charge is -2.15. The third kappa shape index (κ3) is 5.15. The summed E-state index contributed by atoms with van der Waals surface area (Å²) in [6.45, 7) is 0.458. The molecule has 0 bridgehead atoms. The monoisotopic (exact) mass is 325 g/mol. The second-order valence-electron chi connectivity index (χ2n) is 5.05.